The Bertz CT molecular complexity index is 336. The Morgan fingerprint density at radius 2 is 2.00 bits per heavy atom. The summed E-state index contributed by atoms with van der Waals surface area (Å²) in [5, 5.41) is 7.80. The van der Waals surface area contributed by atoms with Crippen LogP contribution in [0.3, 0.4) is 0 Å². The van der Waals surface area contributed by atoms with Crippen LogP contribution in [0.5, 0.6) is 0 Å². The number of hydrogen-bond acceptors (Lipinski definition) is 2. The molecule has 0 spiro atoms. The molecule has 0 saturated heterocycles. The minimum absolute atomic E-state index is 0.320. The molecule has 1 aromatic heterocycles. The highest BCUT2D eigenvalue weighted by Crippen LogP contribution is 2.20. The summed E-state index contributed by atoms with van der Waals surface area (Å²) in [7, 11) is 1.98. The summed E-state index contributed by atoms with van der Waals surface area (Å²) in [4.78, 5) is 0. The van der Waals surface area contributed by atoms with Crippen molar-refractivity contribution < 1.29 is 0 Å². The van der Waals surface area contributed by atoms with E-state index in [0.717, 1.165) is 23.3 Å². The van der Waals surface area contributed by atoms with E-state index in [0.29, 0.717) is 5.41 Å². The minimum atomic E-state index is 0.320. The number of rotatable bonds is 3. The van der Waals surface area contributed by atoms with E-state index >= 15 is 0 Å². The second-order valence-corrected chi connectivity index (χ2v) is 5.93. The Morgan fingerprint density at radius 1 is 1.40 bits per heavy atom. The van der Waals surface area contributed by atoms with E-state index in [4.69, 9.17) is 0 Å². The topological polar surface area (TPSA) is 29.9 Å². The molecular weight excluding hydrogens is 254 g/mol. The lowest BCUT2D eigenvalue weighted by molar-refractivity contribution is 0.376. The van der Waals surface area contributed by atoms with Crippen LogP contribution in [0.4, 0.5) is 0 Å². The first-order valence-electron chi connectivity index (χ1n) is 5.20. The second kappa shape index (κ2) is 4.66. The van der Waals surface area contributed by atoms with Gasteiger partial charge in [0.25, 0.3) is 0 Å². The van der Waals surface area contributed by atoms with Gasteiger partial charge in [-0.15, -0.1) is 0 Å². The quantitative estimate of drug-likeness (QED) is 0.918. The average Bonchev–Trinajstić information content (AvgIpc) is 2.29. The van der Waals surface area contributed by atoms with E-state index < -0.39 is 0 Å². The Balaban J connectivity index is 2.58. The third-order valence-electron chi connectivity index (χ3n) is 2.21. The lowest BCUT2D eigenvalue weighted by Crippen LogP contribution is -2.27. The van der Waals surface area contributed by atoms with Crippen LogP contribution < -0.4 is 5.32 Å². The molecule has 4 heteroatoms. The normalized spacial score (nSPS) is 12.1. The molecule has 0 amide bonds. The molecule has 0 aliphatic rings. The van der Waals surface area contributed by atoms with Gasteiger partial charge in [0.05, 0.1) is 15.9 Å². The van der Waals surface area contributed by atoms with Crippen LogP contribution in [0.1, 0.15) is 32.2 Å². The van der Waals surface area contributed by atoms with Crippen LogP contribution >= 0.6 is 15.9 Å². The fourth-order valence-electron chi connectivity index (χ4n) is 1.43. The van der Waals surface area contributed by atoms with Gasteiger partial charge in [-0.1, -0.05) is 20.8 Å². The van der Waals surface area contributed by atoms with Crippen molar-refractivity contribution in [2.24, 2.45) is 12.5 Å². The van der Waals surface area contributed by atoms with Crippen LogP contribution in [0, 0.1) is 12.3 Å². The molecule has 3 nitrogen and oxygen atoms in total. The van der Waals surface area contributed by atoms with E-state index in [1.54, 1.807) is 0 Å². The maximum atomic E-state index is 4.36. The first kappa shape index (κ1) is 12.7. The van der Waals surface area contributed by atoms with Crippen molar-refractivity contribution in [3.63, 3.8) is 0 Å². The zero-order chi connectivity index (χ0) is 11.6. The summed E-state index contributed by atoms with van der Waals surface area (Å²) in [6.07, 6.45) is 0. The van der Waals surface area contributed by atoms with Crippen molar-refractivity contribution in [1.82, 2.24) is 15.1 Å². The van der Waals surface area contributed by atoms with Gasteiger partial charge < -0.3 is 5.32 Å². The van der Waals surface area contributed by atoms with Gasteiger partial charge in [-0.2, -0.15) is 5.10 Å². The summed E-state index contributed by atoms with van der Waals surface area (Å²) in [5.41, 5.74) is 2.57. The smallest absolute Gasteiger partial charge is 0.0739 e. The van der Waals surface area contributed by atoms with Crippen LogP contribution in [0.15, 0.2) is 4.47 Å². The highest BCUT2D eigenvalue weighted by molar-refractivity contribution is 9.10. The third kappa shape index (κ3) is 3.61. The zero-order valence-electron chi connectivity index (χ0n) is 10.2. The summed E-state index contributed by atoms with van der Waals surface area (Å²) in [6.45, 7) is 10.5. The van der Waals surface area contributed by atoms with Gasteiger partial charge in [0.1, 0.15) is 0 Å². The van der Waals surface area contributed by atoms with Gasteiger partial charge in [-0.3, -0.25) is 4.68 Å². The average molecular weight is 274 g/mol. The Morgan fingerprint density at radius 3 is 2.40 bits per heavy atom. The summed E-state index contributed by atoms with van der Waals surface area (Å²) in [6, 6.07) is 0. The lowest BCUT2D eigenvalue weighted by Gasteiger charge is -2.18. The molecule has 1 rings (SSSR count). The fraction of sp³-hybridized carbons (Fsp3) is 0.727. The predicted octanol–water partition coefficient (Wildman–Crippen LogP) is 2.63. The Kier molecular flexibility index (Phi) is 3.95. The van der Waals surface area contributed by atoms with E-state index in [2.05, 4.69) is 47.1 Å². The van der Waals surface area contributed by atoms with Crippen LogP contribution in [-0.2, 0) is 13.6 Å². The molecule has 1 N–H and O–H groups in total. The van der Waals surface area contributed by atoms with Gasteiger partial charge in [-0.05, 0) is 28.3 Å². The van der Waals surface area contributed by atoms with E-state index in [1.165, 1.54) is 5.69 Å². The van der Waals surface area contributed by atoms with Crippen molar-refractivity contribution in [1.29, 1.82) is 0 Å². The molecule has 15 heavy (non-hydrogen) atoms. The molecule has 0 aromatic carbocycles. The molecule has 0 saturated carbocycles. The molecule has 0 aliphatic carbocycles. The molecular formula is C11H20BrN3. The minimum Gasteiger partial charge on any atom is -0.311 e. The van der Waals surface area contributed by atoms with E-state index in [9.17, 15) is 0 Å². The van der Waals surface area contributed by atoms with Crippen molar-refractivity contribution in [3.05, 3.63) is 15.9 Å². The number of nitrogens with one attached hydrogen (secondary N) is 1. The monoisotopic (exact) mass is 273 g/mol. The maximum absolute atomic E-state index is 4.36. The van der Waals surface area contributed by atoms with E-state index in [1.807, 2.05) is 18.7 Å². The SMILES string of the molecule is Cc1nn(C)c(CNCC(C)(C)C)c1Br. The molecule has 1 heterocycles. The van der Waals surface area contributed by atoms with Crippen molar-refractivity contribution in [3.8, 4) is 0 Å². The fourth-order valence-corrected chi connectivity index (χ4v) is 1.90. The van der Waals surface area contributed by atoms with Crippen LogP contribution in [0.25, 0.3) is 0 Å². The Hall–Kier alpha value is -0.350. The summed E-state index contributed by atoms with van der Waals surface area (Å²) < 4.78 is 3.04. The number of hydrogen-bond donors (Lipinski definition) is 1. The number of aryl methyl sites for hydroxylation is 2. The van der Waals surface area contributed by atoms with Crippen molar-refractivity contribution in [2.75, 3.05) is 6.54 Å². The molecule has 0 unspecified atom stereocenters. The summed E-state index contributed by atoms with van der Waals surface area (Å²) in [5.74, 6) is 0. The van der Waals surface area contributed by atoms with Gasteiger partial charge >= 0.3 is 0 Å². The first-order valence-corrected chi connectivity index (χ1v) is 5.99. The number of nitrogens with zero attached hydrogens (tertiary/aromatic N) is 2. The lowest BCUT2D eigenvalue weighted by atomic mass is 9.97. The first-order chi connectivity index (χ1) is 6.81. The number of aromatic nitrogens is 2. The molecule has 0 radical (unpaired) electrons. The second-order valence-electron chi connectivity index (χ2n) is 5.13. The standard InChI is InChI=1S/C11H20BrN3/c1-8-10(12)9(15(5)14-8)6-13-7-11(2,3)4/h13H,6-7H2,1-5H3. The van der Waals surface area contributed by atoms with Gasteiger partial charge in [-0.25, -0.2) is 0 Å². The highest BCUT2D eigenvalue weighted by Gasteiger charge is 2.12. The number of halogens is 1. The molecule has 86 valence electrons. The maximum Gasteiger partial charge on any atom is 0.0739 e. The van der Waals surface area contributed by atoms with Crippen LogP contribution in [0.2, 0.25) is 0 Å². The van der Waals surface area contributed by atoms with Crippen molar-refractivity contribution >= 4 is 15.9 Å². The largest absolute Gasteiger partial charge is 0.311 e. The van der Waals surface area contributed by atoms with E-state index in [-0.39, 0.29) is 0 Å². The zero-order valence-corrected chi connectivity index (χ0v) is 11.8. The highest BCUT2D eigenvalue weighted by atomic mass is 79.9. The van der Waals surface area contributed by atoms with Gasteiger partial charge in [0.15, 0.2) is 0 Å². The van der Waals surface area contributed by atoms with Gasteiger partial charge in [0, 0.05) is 20.1 Å². The van der Waals surface area contributed by atoms with Gasteiger partial charge in [0.2, 0.25) is 0 Å². The summed E-state index contributed by atoms with van der Waals surface area (Å²) >= 11 is 3.56. The molecule has 0 atom stereocenters. The molecule has 0 aliphatic heterocycles. The Labute approximate surface area is 100 Å². The van der Waals surface area contributed by atoms with Crippen LogP contribution in [-0.4, -0.2) is 16.3 Å². The molecule has 0 fully saturated rings. The van der Waals surface area contributed by atoms with Crippen molar-refractivity contribution in [2.45, 2.75) is 34.2 Å². The molecule has 0 bridgehead atoms. The third-order valence-corrected chi connectivity index (χ3v) is 3.24. The predicted molar refractivity (Wildman–Crippen MR) is 66.8 cm³/mol. The molecule has 1 aromatic rings.